The number of nitrogens with zero attached hydrogens (tertiary/aromatic N) is 2. The van der Waals surface area contributed by atoms with Crippen LogP contribution in [0.4, 0.5) is 17.5 Å². The molecule has 1 heterocycles. The van der Waals surface area contributed by atoms with Crippen molar-refractivity contribution in [3.63, 3.8) is 0 Å². The molecule has 94 valence electrons. The summed E-state index contributed by atoms with van der Waals surface area (Å²) in [5, 5.41) is 6.51. The number of halogens is 2. The van der Waals surface area contributed by atoms with Crippen LogP contribution >= 0.6 is 27.5 Å². The summed E-state index contributed by atoms with van der Waals surface area (Å²) in [4.78, 5) is 8.28. The molecule has 0 fully saturated rings. The van der Waals surface area contributed by atoms with E-state index in [9.17, 15) is 0 Å². The largest absolute Gasteiger partial charge is 0.357 e. The quantitative estimate of drug-likeness (QED) is 0.895. The number of anilines is 3. The highest BCUT2D eigenvalue weighted by Crippen LogP contribution is 2.26. The topological polar surface area (TPSA) is 49.8 Å². The molecule has 0 aliphatic carbocycles. The SMILES string of the molecule is CNc1ncc(Cl)c(Nc2ccc(C)c(Br)c2)n1. The molecule has 1 aromatic carbocycles. The lowest BCUT2D eigenvalue weighted by Crippen LogP contribution is -2.01. The number of aryl methyl sites for hydroxylation is 1. The Hall–Kier alpha value is -1.33. The van der Waals surface area contributed by atoms with Gasteiger partial charge >= 0.3 is 0 Å². The van der Waals surface area contributed by atoms with Crippen molar-refractivity contribution in [1.82, 2.24) is 9.97 Å². The highest BCUT2D eigenvalue weighted by atomic mass is 79.9. The number of rotatable bonds is 3. The molecule has 18 heavy (non-hydrogen) atoms. The van der Waals surface area contributed by atoms with Crippen LogP contribution in [0.15, 0.2) is 28.9 Å². The fraction of sp³-hybridized carbons (Fsp3) is 0.167. The first-order chi connectivity index (χ1) is 8.60. The van der Waals surface area contributed by atoms with Gasteiger partial charge in [0.15, 0.2) is 5.82 Å². The molecule has 0 spiro atoms. The van der Waals surface area contributed by atoms with E-state index in [1.54, 1.807) is 13.2 Å². The normalized spacial score (nSPS) is 10.2. The molecule has 2 aromatic rings. The van der Waals surface area contributed by atoms with Crippen molar-refractivity contribution >= 4 is 45.0 Å². The minimum atomic E-state index is 0.477. The van der Waals surface area contributed by atoms with Crippen LogP contribution in [0.25, 0.3) is 0 Å². The number of aromatic nitrogens is 2. The van der Waals surface area contributed by atoms with Gasteiger partial charge in [-0.3, -0.25) is 0 Å². The van der Waals surface area contributed by atoms with Gasteiger partial charge in [-0.15, -0.1) is 0 Å². The molecule has 0 saturated heterocycles. The van der Waals surface area contributed by atoms with E-state index in [0.717, 1.165) is 10.2 Å². The lowest BCUT2D eigenvalue weighted by molar-refractivity contribution is 1.15. The smallest absolute Gasteiger partial charge is 0.224 e. The summed E-state index contributed by atoms with van der Waals surface area (Å²) in [5.74, 6) is 1.10. The zero-order chi connectivity index (χ0) is 13.1. The first-order valence-electron chi connectivity index (χ1n) is 5.33. The monoisotopic (exact) mass is 326 g/mol. The van der Waals surface area contributed by atoms with Crippen LogP contribution in [0, 0.1) is 6.92 Å². The van der Waals surface area contributed by atoms with Crippen LogP contribution in [0.3, 0.4) is 0 Å². The minimum Gasteiger partial charge on any atom is -0.357 e. The Morgan fingerprint density at radius 3 is 2.78 bits per heavy atom. The zero-order valence-corrected chi connectivity index (χ0v) is 12.3. The molecule has 0 saturated carbocycles. The third-order valence-corrected chi connectivity index (χ3v) is 3.53. The number of benzene rings is 1. The van der Waals surface area contributed by atoms with E-state index in [1.807, 2.05) is 25.1 Å². The van der Waals surface area contributed by atoms with Gasteiger partial charge in [0.05, 0.1) is 6.20 Å². The van der Waals surface area contributed by atoms with Crippen LogP contribution in [-0.2, 0) is 0 Å². The first kappa shape index (κ1) is 13.1. The Labute approximate surface area is 119 Å². The predicted molar refractivity (Wildman–Crippen MR) is 78.8 cm³/mol. The number of hydrogen-bond acceptors (Lipinski definition) is 4. The van der Waals surface area contributed by atoms with E-state index in [-0.39, 0.29) is 0 Å². The Morgan fingerprint density at radius 2 is 2.11 bits per heavy atom. The summed E-state index contributed by atoms with van der Waals surface area (Å²) >= 11 is 9.54. The van der Waals surface area contributed by atoms with Gasteiger partial charge in [-0.05, 0) is 24.6 Å². The van der Waals surface area contributed by atoms with Gasteiger partial charge in [0.25, 0.3) is 0 Å². The molecule has 0 atom stereocenters. The van der Waals surface area contributed by atoms with Gasteiger partial charge in [0.1, 0.15) is 5.02 Å². The van der Waals surface area contributed by atoms with E-state index in [0.29, 0.717) is 16.8 Å². The van der Waals surface area contributed by atoms with Crippen molar-refractivity contribution in [3.05, 3.63) is 39.5 Å². The van der Waals surface area contributed by atoms with Crippen LogP contribution < -0.4 is 10.6 Å². The molecule has 6 heteroatoms. The second-order valence-corrected chi connectivity index (χ2v) is 4.99. The van der Waals surface area contributed by atoms with Crippen molar-refractivity contribution in [2.45, 2.75) is 6.92 Å². The molecule has 2 N–H and O–H groups in total. The fourth-order valence-electron chi connectivity index (χ4n) is 1.38. The maximum Gasteiger partial charge on any atom is 0.224 e. The maximum atomic E-state index is 6.05. The van der Waals surface area contributed by atoms with Crippen LogP contribution in [0.1, 0.15) is 5.56 Å². The van der Waals surface area contributed by atoms with Gasteiger partial charge < -0.3 is 10.6 Å². The van der Waals surface area contributed by atoms with Crippen molar-refractivity contribution < 1.29 is 0 Å². The predicted octanol–water partition coefficient (Wildman–Crippen LogP) is 3.99. The molecule has 0 radical (unpaired) electrons. The van der Waals surface area contributed by atoms with E-state index >= 15 is 0 Å². The standard InChI is InChI=1S/C12H12BrClN4/c1-7-3-4-8(5-9(7)13)17-11-10(14)6-16-12(15-2)18-11/h3-6H,1-2H3,(H2,15,16,17,18). The van der Waals surface area contributed by atoms with Crippen molar-refractivity contribution in [3.8, 4) is 0 Å². The lowest BCUT2D eigenvalue weighted by Gasteiger charge is -2.09. The molecule has 2 rings (SSSR count). The summed E-state index contributed by atoms with van der Waals surface area (Å²) in [6.45, 7) is 2.03. The highest BCUT2D eigenvalue weighted by Gasteiger charge is 2.05. The Balaban J connectivity index is 2.30. The van der Waals surface area contributed by atoms with E-state index in [1.165, 1.54) is 5.56 Å². The summed E-state index contributed by atoms with van der Waals surface area (Å²) in [7, 11) is 1.76. The van der Waals surface area contributed by atoms with Gasteiger partial charge in [-0.25, -0.2) is 4.98 Å². The number of hydrogen-bond donors (Lipinski definition) is 2. The Bertz CT molecular complexity index is 574. The van der Waals surface area contributed by atoms with Gasteiger partial charge in [-0.1, -0.05) is 33.6 Å². The molecule has 0 aliphatic heterocycles. The molecule has 0 amide bonds. The molecule has 0 aliphatic rings. The van der Waals surface area contributed by atoms with Gasteiger partial charge in [0.2, 0.25) is 5.95 Å². The first-order valence-corrected chi connectivity index (χ1v) is 6.50. The summed E-state index contributed by atoms with van der Waals surface area (Å²) < 4.78 is 1.03. The second kappa shape index (κ2) is 5.54. The molecule has 0 bridgehead atoms. The third-order valence-electron chi connectivity index (χ3n) is 2.40. The van der Waals surface area contributed by atoms with Gasteiger partial charge in [-0.2, -0.15) is 4.98 Å². The highest BCUT2D eigenvalue weighted by molar-refractivity contribution is 9.10. The Morgan fingerprint density at radius 1 is 1.33 bits per heavy atom. The molecule has 1 aromatic heterocycles. The Kier molecular flexibility index (Phi) is 4.04. The summed E-state index contributed by atoms with van der Waals surface area (Å²) in [6, 6.07) is 5.96. The second-order valence-electron chi connectivity index (χ2n) is 3.73. The lowest BCUT2D eigenvalue weighted by atomic mass is 10.2. The molecule has 4 nitrogen and oxygen atoms in total. The van der Waals surface area contributed by atoms with Crippen LogP contribution in [0.5, 0.6) is 0 Å². The zero-order valence-electron chi connectivity index (χ0n) is 9.96. The van der Waals surface area contributed by atoms with E-state index in [4.69, 9.17) is 11.6 Å². The average Bonchev–Trinajstić information content (AvgIpc) is 2.36. The molecule has 0 unspecified atom stereocenters. The number of nitrogens with one attached hydrogen (secondary N) is 2. The van der Waals surface area contributed by atoms with Gasteiger partial charge in [0, 0.05) is 17.2 Å². The average molecular weight is 328 g/mol. The molecular weight excluding hydrogens is 316 g/mol. The molecular formula is C12H12BrClN4. The van der Waals surface area contributed by atoms with E-state index in [2.05, 4.69) is 36.5 Å². The van der Waals surface area contributed by atoms with Crippen LogP contribution in [-0.4, -0.2) is 17.0 Å². The summed E-state index contributed by atoms with van der Waals surface area (Å²) in [5.41, 5.74) is 2.08. The van der Waals surface area contributed by atoms with Crippen molar-refractivity contribution in [2.24, 2.45) is 0 Å². The fourth-order valence-corrected chi connectivity index (χ4v) is 1.90. The van der Waals surface area contributed by atoms with Crippen molar-refractivity contribution in [1.29, 1.82) is 0 Å². The summed E-state index contributed by atoms with van der Waals surface area (Å²) in [6.07, 6.45) is 1.56. The third kappa shape index (κ3) is 2.91. The van der Waals surface area contributed by atoms with Crippen LogP contribution in [0.2, 0.25) is 5.02 Å². The van der Waals surface area contributed by atoms with E-state index < -0.39 is 0 Å². The maximum absolute atomic E-state index is 6.05. The van der Waals surface area contributed by atoms with Crippen molar-refractivity contribution in [2.75, 3.05) is 17.7 Å². The minimum absolute atomic E-state index is 0.477.